The van der Waals surface area contributed by atoms with Gasteiger partial charge in [-0.3, -0.25) is 4.79 Å². The zero-order chi connectivity index (χ0) is 27.1. The molecule has 0 aromatic heterocycles. The number of benzene rings is 3. The Kier molecular flexibility index (Phi) is 9.63. The Morgan fingerprint density at radius 3 is 2.39 bits per heavy atom. The number of aliphatic hydroxyl groups excluding tert-OH is 1. The quantitative estimate of drug-likeness (QED) is 0.242. The summed E-state index contributed by atoms with van der Waals surface area (Å²) in [4.78, 5) is 19.2. The Morgan fingerprint density at radius 2 is 1.74 bits per heavy atom. The summed E-state index contributed by atoms with van der Waals surface area (Å²) in [6.45, 7) is 5.18. The van der Waals surface area contributed by atoms with Crippen molar-refractivity contribution in [3.05, 3.63) is 98.4 Å². The Morgan fingerprint density at radius 1 is 1.05 bits per heavy atom. The second-order valence-electron chi connectivity index (χ2n) is 9.68. The highest BCUT2D eigenvalue weighted by molar-refractivity contribution is 9.10. The molecule has 1 aliphatic heterocycles. The molecule has 38 heavy (non-hydrogen) atoms. The number of carbonyl (C=O) groups is 1. The standard InChI is InChI=1S/C30H32Br2N2O4/c1-20(2)19-33-29(36)30(18-22-8-3-5-10-25(22)31)27(24-9-4-6-11-26(24)32)38-28(34-30)21-12-14-23(15-13-21)37-17-7-16-35/h3-6,8-15,20,27,35H,7,16-19H2,1-2H3,(H,33,36)/t27-,30-/m1/s1. The van der Waals surface area contributed by atoms with Crippen LogP contribution in [0.4, 0.5) is 0 Å². The third kappa shape index (κ3) is 6.47. The summed E-state index contributed by atoms with van der Waals surface area (Å²) < 4.78 is 14.0. The van der Waals surface area contributed by atoms with E-state index in [0.29, 0.717) is 37.6 Å². The highest BCUT2D eigenvalue weighted by atomic mass is 79.9. The maximum absolute atomic E-state index is 14.1. The van der Waals surface area contributed by atoms with Crippen LogP contribution < -0.4 is 10.1 Å². The van der Waals surface area contributed by atoms with Gasteiger partial charge in [-0.2, -0.15) is 0 Å². The molecule has 3 aromatic carbocycles. The van der Waals surface area contributed by atoms with E-state index in [2.05, 4.69) is 51.0 Å². The zero-order valence-electron chi connectivity index (χ0n) is 21.5. The fraction of sp³-hybridized carbons (Fsp3) is 0.333. The van der Waals surface area contributed by atoms with E-state index in [9.17, 15) is 4.79 Å². The van der Waals surface area contributed by atoms with E-state index in [1.807, 2.05) is 72.8 Å². The molecule has 0 unspecified atom stereocenters. The van der Waals surface area contributed by atoms with Crippen LogP contribution in [-0.4, -0.2) is 42.2 Å². The molecule has 0 spiro atoms. The minimum atomic E-state index is -1.24. The highest BCUT2D eigenvalue weighted by Crippen LogP contribution is 2.45. The van der Waals surface area contributed by atoms with Crippen molar-refractivity contribution in [3.63, 3.8) is 0 Å². The number of aliphatic hydroxyl groups is 1. The van der Waals surface area contributed by atoms with Crippen LogP contribution in [-0.2, 0) is 16.0 Å². The fourth-order valence-corrected chi connectivity index (χ4v) is 5.25. The lowest BCUT2D eigenvalue weighted by Gasteiger charge is -2.32. The first-order valence-corrected chi connectivity index (χ1v) is 14.3. The Labute approximate surface area is 240 Å². The number of rotatable bonds is 11. The summed E-state index contributed by atoms with van der Waals surface area (Å²) in [5, 5.41) is 12.1. The van der Waals surface area contributed by atoms with Gasteiger partial charge in [-0.15, -0.1) is 0 Å². The number of halogens is 2. The zero-order valence-corrected chi connectivity index (χ0v) is 24.7. The number of hydrogen-bond acceptors (Lipinski definition) is 5. The predicted molar refractivity (Wildman–Crippen MR) is 157 cm³/mol. The average Bonchev–Trinajstić information content (AvgIpc) is 3.29. The lowest BCUT2D eigenvalue weighted by Crippen LogP contribution is -2.50. The number of hydrogen-bond donors (Lipinski definition) is 2. The molecule has 0 aliphatic carbocycles. The topological polar surface area (TPSA) is 80.2 Å². The molecule has 0 saturated heterocycles. The molecule has 0 saturated carbocycles. The van der Waals surface area contributed by atoms with Gasteiger partial charge in [0.25, 0.3) is 5.91 Å². The molecule has 200 valence electrons. The van der Waals surface area contributed by atoms with E-state index >= 15 is 0 Å². The summed E-state index contributed by atoms with van der Waals surface area (Å²) in [5.74, 6) is 1.20. The molecule has 1 amide bonds. The lowest BCUT2D eigenvalue weighted by molar-refractivity contribution is -0.129. The van der Waals surface area contributed by atoms with Gasteiger partial charge >= 0.3 is 0 Å². The maximum atomic E-state index is 14.1. The molecule has 0 fully saturated rings. The van der Waals surface area contributed by atoms with E-state index in [1.54, 1.807) is 0 Å². The minimum absolute atomic E-state index is 0.0810. The van der Waals surface area contributed by atoms with E-state index < -0.39 is 11.6 Å². The van der Waals surface area contributed by atoms with Gasteiger partial charge in [0.15, 0.2) is 11.6 Å². The van der Waals surface area contributed by atoms with Crippen molar-refractivity contribution < 1.29 is 19.4 Å². The maximum Gasteiger partial charge on any atom is 0.252 e. The van der Waals surface area contributed by atoms with E-state index in [-0.39, 0.29) is 18.4 Å². The van der Waals surface area contributed by atoms with E-state index in [1.165, 1.54) is 0 Å². The SMILES string of the molecule is CC(C)CNC(=O)[C@]1(Cc2ccccc2Br)N=C(c2ccc(OCCCO)cc2)O[C@@H]1c1ccccc1Br. The van der Waals surface area contributed by atoms with Gasteiger partial charge in [-0.05, 0) is 47.9 Å². The van der Waals surface area contributed by atoms with Gasteiger partial charge in [0, 0.05) is 46.1 Å². The summed E-state index contributed by atoms with van der Waals surface area (Å²) in [6.07, 6.45) is 0.248. The van der Waals surface area contributed by atoms with Crippen molar-refractivity contribution in [3.8, 4) is 5.75 Å². The van der Waals surface area contributed by atoms with Gasteiger partial charge in [-0.25, -0.2) is 4.99 Å². The Balaban J connectivity index is 1.80. The first kappa shape index (κ1) is 28.3. The Hall–Kier alpha value is -2.68. The number of nitrogens with zero attached hydrogens (tertiary/aromatic N) is 1. The number of amides is 1. The summed E-state index contributed by atoms with van der Waals surface area (Å²) in [6, 6.07) is 23.1. The summed E-state index contributed by atoms with van der Waals surface area (Å²) in [7, 11) is 0. The number of carbonyl (C=O) groups excluding carboxylic acids is 1. The molecule has 2 N–H and O–H groups in total. The number of ether oxygens (including phenoxy) is 2. The number of aliphatic imine (C=N–C) groups is 1. The van der Waals surface area contributed by atoms with Crippen LogP contribution in [0.2, 0.25) is 0 Å². The van der Waals surface area contributed by atoms with E-state index in [4.69, 9.17) is 19.6 Å². The van der Waals surface area contributed by atoms with Gasteiger partial charge < -0.3 is 19.9 Å². The highest BCUT2D eigenvalue weighted by Gasteiger charge is 2.54. The predicted octanol–water partition coefficient (Wildman–Crippen LogP) is 6.24. The van der Waals surface area contributed by atoms with Crippen molar-refractivity contribution in [1.82, 2.24) is 5.32 Å². The van der Waals surface area contributed by atoms with Gasteiger partial charge in [0.2, 0.25) is 5.90 Å². The van der Waals surface area contributed by atoms with Crippen LogP contribution in [0.3, 0.4) is 0 Å². The molecular weight excluding hydrogens is 612 g/mol. The minimum Gasteiger partial charge on any atom is -0.494 e. The van der Waals surface area contributed by atoms with Gasteiger partial charge in [-0.1, -0.05) is 82.1 Å². The molecule has 1 heterocycles. The van der Waals surface area contributed by atoms with Crippen LogP contribution in [0.25, 0.3) is 0 Å². The largest absolute Gasteiger partial charge is 0.494 e. The third-order valence-corrected chi connectivity index (χ3v) is 7.80. The molecule has 8 heteroatoms. The monoisotopic (exact) mass is 642 g/mol. The second kappa shape index (κ2) is 12.9. The smallest absolute Gasteiger partial charge is 0.252 e. The van der Waals surface area contributed by atoms with Crippen LogP contribution in [0.1, 0.15) is 43.1 Å². The van der Waals surface area contributed by atoms with Crippen LogP contribution >= 0.6 is 31.9 Å². The lowest BCUT2D eigenvalue weighted by atomic mass is 9.82. The first-order valence-electron chi connectivity index (χ1n) is 12.7. The molecule has 6 nitrogen and oxygen atoms in total. The van der Waals surface area contributed by atoms with Crippen molar-refractivity contribution in [1.29, 1.82) is 0 Å². The van der Waals surface area contributed by atoms with Crippen LogP contribution in [0, 0.1) is 5.92 Å². The molecule has 0 radical (unpaired) electrons. The van der Waals surface area contributed by atoms with E-state index in [0.717, 1.165) is 25.6 Å². The van der Waals surface area contributed by atoms with Crippen molar-refractivity contribution in [2.45, 2.75) is 38.3 Å². The first-order chi connectivity index (χ1) is 18.3. The van der Waals surface area contributed by atoms with Crippen LogP contribution in [0.5, 0.6) is 5.75 Å². The molecule has 3 aromatic rings. The Bertz CT molecular complexity index is 1280. The third-order valence-electron chi connectivity index (χ3n) is 6.31. The van der Waals surface area contributed by atoms with Crippen LogP contribution in [0.15, 0.2) is 86.7 Å². The van der Waals surface area contributed by atoms with Crippen molar-refractivity contribution in [2.24, 2.45) is 10.9 Å². The van der Waals surface area contributed by atoms with Crippen molar-refractivity contribution >= 4 is 43.7 Å². The summed E-state index contributed by atoms with van der Waals surface area (Å²) >= 11 is 7.34. The average molecular weight is 644 g/mol. The molecule has 4 rings (SSSR count). The second-order valence-corrected chi connectivity index (χ2v) is 11.4. The fourth-order valence-electron chi connectivity index (χ4n) is 4.33. The van der Waals surface area contributed by atoms with Gasteiger partial charge in [0.1, 0.15) is 5.75 Å². The normalized spacial score (nSPS) is 18.7. The van der Waals surface area contributed by atoms with Crippen molar-refractivity contribution in [2.75, 3.05) is 19.8 Å². The molecule has 0 bridgehead atoms. The molecule has 2 atom stereocenters. The summed E-state index contributed by atoms with van der Waals surface area (Å²) in [5.41, 5.74) is 1.32. The van der Waals surface area contributed by atoms with Gasteiger partial charge in [0.05, 0.1) is 6.61 Å². The number of nitrogens with one attached hydrogen (secondary N) is 1. The molecule has 1 aliphatic rings. The molecular formula is C30H32Br2N2O4.